The van der Waals surface area contributed by atoms with Crippen molar-refractivity contribution in [3.05, 3.63) is 54.5 Å². The van der Waals surface area contributed by atoms with Gasteiger partial charge in [-0.15, -0.1) is 6.58 Å². The van der Waals surface area contributed by atoms with Gasteiger partial charge in [-0.3, -0.25) is 0 Å². The van der Waals surface area contributed by atoms with E-state index in [9.17, 15) is 0 Å². The standard InChI is InChI=1S/C13H17/c1-5-10(3)13-9-12(6-2)8-7-11(13)4/h5,7-10H,1,3,6H2,2,4H3. The van der Waals surface area contributed by atoms with Crippen LogP contribution in [0.5, 0.6) is 0 Å². The average Bonchev–Trinajstić information content (AvgIpc) is 2.17. The molecule has 0 aromatic heterocycles. The van der Waals surface area contributed by atoms with Gasteiger partial charge < -0.3 is 0 Å². The van der Waals surface area contributed by atoms with Gasteiger partial charge in [0, 0.05) is 5.92 Å². The molecule has 13 heavy (non-hydrogen) atoms. The van der Waals surface area contributed by atoms with Crippen LogP contribution in [-0.4, -0.2) is 0 Å². The Balaban J connectivity index is 3.10. The fraction of sp³-hybridized carbons (Fsp3) is 0.308. The molecule has 1 atom stereocenters. The summed E-state index contributed by atoms with van der Waals surface area (Å²) in [6, 6.07) is 6.57. The Bertz CT molecular complexity index is 297. The monoisotopic (exact) mass is 173 g/mol. The second kappa shape index (κ2) is 4.27. The molecule has 0 bridgehead atoms. The highest BCUT2D eigenvalue weighted by Gasteiger charge is 2.04. The third kappa shape index (κ3) is 2.21. The number of rotatable bonds is 3. The van der Waals surface area contributed by atoms with Gasteiger partial charge in [-0.1, -0.05) is 31.2 Å². The minimum absolute atomic E-state index is 0.214. The maximum Gasteiger partial charge on any atom is 0.00183 e. The van der Waals surface area contributed by atoms with E-state index in [0.29, 0.717) is 0 Å². The smallest absolute Gasteiger partial charge is 0.00183 e. The number of aryl methyl sites for hydroxylation is 2. The highest BCUT2D eigenvalue weighted by molar-refractivity contribution is 5.36. The zero-order valence-electron chi connectivity index (χ0n) is 8.51. The van der Waals surface area contributed by atoms with E-state index < -0.39 is 0 Å². The zero-order chi connectivity index (χ0) is 9.84. The van der Waals surface area contributed by atoms with E-state index >= 15 is 0 Å². The molecule has 0 aliphatic rings. The lowest BCUT2D eigenvalue weighted by molar-refractivity contribution is 1.03. The largest absolute Gasteiger partial charge is 0.102 e. The van der Waals surface area contributed by atoms with Gasteiger partial charge in [-0.25, -0.2) is 0 Å². The van der Waals surface area contributed by atoms with Gasteiger partial charge in [0.1, 0.15) is 0 Å². The molecule has 1 unspecified atom stereocenters. The second-order valence-corrected chi connectivity index (χ2v) is 3.39. The first-order chi connectivity index (χ1) is 6.19. The van der Waals surface area contributed by atoms with Crippen molar-refractivity contribution in [3.8, 4) is 0 Å². The fourth-order valence-corrected chi connectivity index (χ4v) is 1.44. The molecule has 1 aromatic carbocycles. The van der Waals surface area contributed by atoms with E-state index in [4.69, 9.17) is 0 Å². The van der Waals surface area contributed by atoms with E-state index in [1.54, 1.807) is 0 Å². The van der Waals surface area contributed by atoms with E-state index in [2.05, 4.69) is 45.5 Å². The van der Waals surface area contributed by atoms with Crippen molar-refractivity contribution in [2.24, 2.45) is 0 Å². The molecule has 1 aromatic rings. The summed E-state index contributed by atoms with van der Waals surface area (Å²) in [5.41, 5.74) is 3.97. The molecule has 0 amide bonds. The summed E-state index contributed by atoms with van der Waals surface area (Å²) in [6.07, 6.45) is 2.97. The van der Waals surface area contributed by atoms with E-state index in [1.165, 1.54) is 16.7 Å². The molecule has 0 spiro atoms. The molecular weight excluding hydrogens is 156 g/mol. The van der Waals surface area contributed by atoms with Gasteiger partial charge in [-0.2, -0.15) is 0 Å². The van der Waals surface area contributed by atoms with Crippen LogP contribution >= 0.6 is 0 Å². The Labute approximate surface area is 81.3 Å². The summed E-state index contributed by atoms with van der Waals surface area (Å²) in [5, 5.41) is 0. The molecular formula is C13H17. The van der Waals surface area contributed by atoms with Crippen LogP contribution in [0.25, 0.3) is 0 Å². The van der Waals surface area contributed by atoms with Crippen LogP contribution in [0.4, 0.5) is 0 Å². The zero-order valence-corrected chi connectivity index (χ0v) is 8.51. The maximum absolute atomic E-state index is 4.04. The Hall–Kier alpha value is -1.04. The van der Waals surface area contributed by atoms with Crippen molar-refractivity contribution >= 4 is 0 Å². The molecule has 0 aliphatic heterocycles. The first-order valence-corrected chi connectivity index (χ1v) is 4.74. The SMILES string of the molecule is [CH2]C(C=C)c1cc(CC)ccc1C. The van der Waals surface area contributed by atoms with Crippen LogP contribution < -0.4 is 0 Å². The Morgan fingerprint density at radius 2 is 2.15 bits per heavy atom. The second-order valence-electron chi connectivity index (χ2n) is 3.39. The van der Waals surface area contributed by atoms with E-state index in [1.807, 2.05) is 6.08 Å². The van der Waals surface area contributed by atoms with Crippen molar-refractivity contribution in [2.75, 3.05) is 0 Å². The van der Waals surface area contributed by atoms with Gasteiger partial charge in [0.2, 0.25) is 0 Å². The van der Waals surface area contributed by atoms with Crippen molar-refractivity contribution < 1.29 is 0 Å². The number of benzene rings is 1. The first-order valence-electron chi connectivity index (χ1n) is 4.74. The molecule has 69 valence electrons. The lowest BCUT2D eigenvalue weighted by Gasteiger charge is -2.11. The Morgan fingerprint density at radius 1 is 1.46 bits per heavy atom. The predicted molar refractivity (Wildman–Crippen MR) is 58.9 cm³/mol. The van der Waals surface area contributed by atoms with E-state index in [-0.39, 0.29) is 5.92 Å². The van der Waals surface area contributed by atoms with Crippen LogP contribution in [0.2, 0.25) is 0 Å². The molecule has 0 fully saturated rings. The normalized spacial score (nSPS) is 12.5. The van der Waals surface area contributed by atoms with Crippen LogP contribution in [0.15, 0.2) is 30.9 Å². The van der Waals surface area contributed by atoms with Crippen molar-refractivity contribution in [1.82, 2.24) is 0 Å². The molecule has 1 radical (unpaired) electrons. The Morgan fingerprint density at radius 3 is 2.69 bits per heavy atom. The van der Waals surface area contributed by atoms with Gasteiger partial charge in [0.05, 0.1) is 0 Å². The molecule has 0 saturated carbocycles. The summed E-state index contributed by atoms with van der Waals surface area (Å²) in [5.74, 6) is 0.214. The number of allylic oxidation sites excluding steroid dienone is 1. The maximum atomic E-state index is 4.04. The molecule has 0 heterocycles. The summed E-state index contributed by atoms with van der Waals surface area (Å²) < 4.78 is 0. The van der Waals surface area contributed by atoms with Crippen molar-refractivity contribution in [3.63, 3.8) is 0 Å². The van der Waals surface area contributed by atoms with Gasteiger partial charge in [0.15, 0.2) is 0 Å². The highest BCUT2D eigenvalue weighted by Crippen LogP contribution is 2.21. The summed E-state index contributed by atoms with van der Waals surface area (Å²) in [4.78, 5) is 0. The average molecular weight is 173 g/mol. The van der Waals surface area contributed by atoms with Crippen LogP contribution in [0.3, 0.4) is 0 Å². The van der Waals surface area contributed by atoms with Gasteiger partial charge in [-0.05, 0) is 37.0 Å². The number of hydrogen-bond donors (Lipinski definition) is 0. The minimum Gasteiger partial charge on any atom is -0.102 e. The number of hydrogen-bond acceptors (Lipinski definition) is 0. The summed E-state index contributed by atoms with van der Waals surface area (Å²) >= 11 is 0. The third-order valence-corrected chi connectivity index (χ3v) is 2.44. The molecule has 0 saturated heterocycles. The molecule has 0 N–H and O–H groups in total. The van der Waals surface area contributed by atoms with Crippen molar-refractivity contribution in [1.29, 1.82) is 0 Å². The molecule has 0 heteroatoms. The van der Waals surface area contributed by atoms with Crippen molar-refractivity contribution in [2.45, 2.75) is 26.2 Å². The quantitative estimate of drug-likeness (QED) is 0.612. The Kier molecular flexibility index (Phi) is 3.30. The third-order valence-electron chi connectivity index (χ3n) is 2.44. The van der Waals surface area contributed by atoms with Crippen LogP contribution in [0.1, 0.15) is 29.5 Å². The summed E-state index contributed by atoms with van der Waals surface area (Å²) in [7, 11) is 0. The molecule has 0 aliphatic carbocycles. The van der Waals surface area contributed by atoms with Gasteiger partial charge in [0.25, 0.3) is 0 Å². The first kappa shape index (κ1) is 10.0. The highest BCUT2D eigenvalue weighted by atomic mass is 14.1. The molecule has 0 nitrogen and oxygen atoms in total. The summed E-state index contributed by atoms with van der Waals surface area (Å²) in [6.45, 7) is 12.1. The topological polar surface area (TPSA) is 0 Å². The van der Waals surface area contributed by atoms with E-state index in [0.717, 1.165) is 6.42 Å². The molecule has 1 rings (SSSR count). The van der Waals surface area contributed by atoms with Crippen LogP contribution in [-0.2, 0) is 6.42 Å². The fourth-order valence-electron chi connectivity index (χ4n) is 1.44. The lowest BCUT2D eigenvalue weighted by atomic mass is 9.94. The lowest BCUT2D eigenvalue weighted by Crippen LogP contribution is -1.95. The van der Waals surface area contributed by atoms with Gasteiger partial charge >= 0.3 is 0 Å². The predicted octanol–water partition coefficient (Wildman–Crippen LogP) is 3.66. The minimum atomic E-state index is 0.214. The van der Waals surface area contributed by atoms with Crippen LogP contribution in [0, 0.1) is 13.8 Å².